The van der Waals surface area contributed by atoms with Crippen LogP contribution in [0.15, 0.2) is 58.1 Å². The molecule has 4 aromatic rings. The molecule has 10 nitrogen and oxygen atoms in total. The number of aryl methyl sites for hydroxylation is 1. The second-order valence-electron chi connectivity index (χ2n) is 7.88. The summed E-state index contributed by atoms with van der Waals surface area (Å²) in [7, 11) is 6.02. The first-order valence-electron chi connectivity index (χ1n) is 11.3. The molecule has 1 amide bonds. The molecule has 0 spiro atoms. The lowest BCUT2D eigenvalue weighted by molar-refractivity contribution is 0.102. The summed E-state index contributed by atoms with van der Waals surface area (Å²) in [6.07, 6.45) is 1.55. The van der Waals surface area contributed by atoms with Crippen molar-refractivity contribution in [2.45, 2.75) is 13.5 Å². The number of carbonyl (C=O) groups excluding carboxylic acids is 1. The van der Waals surface area contributed by atoms with Crippen molar-refractivity contribution in [1.29, 1.82) is 0 Å². The second kappa shape index (κ2) is 11.0. The van der Waals surface area contributed by atoms with Crippen LogP contribution in [-0.4, -0.2) is 44.4 Å². The summed E-state index contributed by atoms with van der Waals surface area (Å²) in [4.78, 5) is 22.5. The van der Waals surface area contributed by atoms with E-state index in [0.29, 0.717) is 56.6 Å². The van der Waals surface area contributed by atoms with E-state index in [1.165, 1.54) is 28.4 Å². The molecular formula is C27H27N3O7. The largest absolute Gasteiger partial charge is 0.495 e. The number of pyridine rings is 1. The molecule has 0 saturated carbocycles. The van der Waals surface area contributed by atoms with E-state index < -0.39 is 5.91 Å². The maximum absolute atomic E-state index is 13.5. The topological polar surface area (TPSA) is 125 Å². The van der Waals surface area contributed by atoms with Gasteiger partial charge in [0.2, 0.25) is 11.3 Å². The molecule has 0 atom stereocenters. The molecule has 0 fully saturated rings. The van der Waals surface area contributed by atoms with Crippen molar-refractivity contribution < 1.29 is 33.3 Å². The fraction of sp³-hybridized carbons (Fsp3) is 0.222. The van der Waals surface area contributed by atoms with E-state index in [1.807, 2.05) is 0 Å². The standard InChI is InChI=1S/C27H27N3O7/c1-15-24-18(16(14-31)13-28-15)12-19(26(32)30-20-8-6-7-9-21(20)33-2)27(37-24)29-17-10-22(34-3)25(36-5)23(11-17)35-4/h6-13,31H,14H2,1-5H3,(H,30,32). The predicted octanol–water partition coefficient (Wildman–Crippen LogP) is 4.15. The molecule has 2 aromatic carbocycles. The summed E-state index contributed by atoms with van der Waals surface area (Å²) in [5.74, 6) is 1.19. The van der Waals surface area contributed by atoms with Crippen LogP contribution in [-0.2, 0) is 6.61 Å². The number of aliphatic hydroxyl groups is 1. The van der Waals surface area contributed by atoms with Gasteiger partial charge in [0.05, 0.1) is 52.1 Å². The first-order valence-corrected chi connectivity index (χ1v) is 11.3. The van der Waals surface area contributed by atoms with Gasteiger partial charge < -0.3 is 33.8 Å². The Morgan fingerprint density at radius 2 is 1.68 bits per heavy atom. The van der Waals surface area contributed by atoms with Gasteiger partial charge in [0.25, 0.3) is 5.91 Å². The fourth-order valence-corrected chi connectivity index (χ4v) is 3.85. The number of benzene rings is 2. The monoisotopic (exact) mass is 505 g/mol. The van der Waals surface area contributed by atoms with Gasteiger partial charge in [-0.15, -0.1) is 0 Å². The van der Waals surface area contributed by atoms with Crippen LogP contribution in [0, 0.1) is 6.92 Å². The number of rotatable bonds is 8. The third-order valence-corrected chi connectivity index (χ3v) is 5.70. The zero-order chi connectivity index (χ0) is 26.5. The molecule has 192 valence electrons. The molecule has 2 N–H and O–H groups in total. The van der Waals surface area contributed by atoms with E-state index in [2.05, 4.69) is 15.3 Å². The lowest BCUT2D eigenvalue weighted by Crippen LogP contribution is -2.22. The van der Waals surface area contributed by atoms with Crippen molar-refractivity contribution in [2.75, 3.05) is 33.8 Å². The van der Waals surface area contributed by atoms with Crippen LogP contribution in [0.4, 0.5) is 11.4 Å². The first kappa shape index (κ1) is 25.5. The van der Waals surface area contributed by atoms with Gasteiger partial charge in [-0.25, -0.2) is 4.99 Å². The summed E-state index contributed by atoms with van der Waals surface area (Å²) < 4.78 is 27.8. The Hall–Kier alpha value is -4.57. The molecule has 0 bridgehead atoms. The predicted molar refractivity (Wildman–Crippen MR) is 137 cm³/mol. The lowest BCUT2D eigenvalue weighted by Gasteiger charge is -2.13. The van der Waals surface area contributed by atoms with Gasteiger partial charge in [0, 0.05) is 29.3 Å². The van der Waals surface area contributed by atoms with Gasteiger partial charge in [-0.3, -0.25) is 9.78 Å². The zero-order valence-electron chi connectivity index (χ0n) is 21.1. The van der Waals surface area contributed by atoms with Crippen LogP contribution in [0.3, 0.4) is 0 Å². The van der Waals surface area contributed by atoms with E-state index >= 15 is 0 Å². The Labute approximate surface area is 213 Å². The highest BCUT2D eigenvalue weighted by molar-refractivity contribution is 6.06. The molecule has 0 radical (unpaired) electrons. The molecule has 2 heterocycles. The maximum atomic E-state index is 13.5. The minimum atomic E-state index is -0.486. The van der Waals surface area contributed by atoms with Gasteiger partial charge in [-0.1, -0.05) is 12.1 Å². The minimum absolute atomic E-state index is 0.0224. The quantitative estimate of drug-likeness (QED) is 0.366. The number of hydrogen-bond acceptors (Lipinski definition) is 9. The van der Waals surface area contributed by atoms with E-state index in [0.717, 1.165) is 0 Å². The smallest absolute Gasteiger partial charge is 0.261 e. The number of nitrogens with one attached hydrogen (secondary N) is 1. The summed E-state index contributed by atoms with van der Waals surface area (Å²) in [5.41, 5.74) is 2.50. The number of methoxy groups -OCH3 is 4. The molecule has 4 rings (SSSR count). The third-order valence-electron chi connectivity index (χ3n) is 5.70. The van der Waals surface area contributed by atoms with Crippen LogP contribution in [0.2, 0.25) is 0 Å². The highest BCUT2D eigenvalue weighted by Crippen LogP contribution is 2.40. The van der Waals surface area contributed by atoms with E-state index in [1.54, 1.807) is 55.6 Å². The van der Waals surface area contributed by atoms with E-state index in [4.69, 9.17) is 23.4 Å². The Kier molecular flexibility index (Phi) is 7.59. The molecule has 10 heteroatoms. The Bertz CT molecular complexity index is 1500. The number of carbonyl (C=O) groups is 1. The number of aliphatic hydroxyl groups excluding tert-OH is 1. The van der Waals surface area contributed by atoms with Crippen molar-refractivity contribution in [2.24, 2.45) is 4.99 Å². The molecule has 37 heavy (non-hydrogen) atoms. The number of anilines is 1. The number of ether oxygens (including phenoxy) is 4. The summed E-state index contributed by atoms with van der Waals surface area (Å²) in [6.45, 7) is 1.49. The number of fused-ring (bicyclic) bond motifs is 1. The Balaban J connectivity index is 1.97. The van der Waals surface area contributed by atoms with Crippen LogP contribution in [0.1, 0.15) is 21.6 Å². The SMILES string of the molecule is COc1ccccc1NC(=O)c1cc2c(CO)cnc(C)c2oc1=Nc1cc(OC)c(OC)c(OC)c1. The minimum Gasteiger partial charge on any atom is -0.495 e. The number of amides is 1. The number of hydrogen-bond donors (Lipinski definition) is 2. The highest BCUT2D eigenvalue weighted by Gasteiger charge is 2.19. The number of aromatic nitrogens is 1. The molecule has 0 unspecified atom stereocenters. The van der Waals surface area contributed by atoms with Gasteiger partial charge in [-0.05, 0) is 25.1 Å². The van der Waals surface area contributed by atoms with Crippen molar-refractivity contribution in [1.82, 2.24) is 4.98 Å². The lowest BCUT2D eigenvalue weighted by atomic mass is 10.1. The third kappa shape index (κ3) is 5.05. The van der Waals surface area contributed by atoms with E-state index in [9.17, 15) is 9.90 Å². The normalized spacial score (nSPS) is 11.4. The summed E-state index contributed by atoms with van der Waals surface area (Å²) in [5, 5.41) is 13.3. The number of para-hydroxylation sites is 2. The van der Waals surface area contributed by atoms with E-state index in [-0.39, 0.29) is 17.7 Å². The van der Waals surface area contributed by atoms with Crippen LogP contribution < -0.4 is 29.8 Å². The maximum Gasteiger partial charge on any atom is 0.261 e. The molecule has 0 aliphatic carbocycles. The van der Waals surface area contributed by atoms with Gasteiger partial charge in [0.15, 0.2) is 17.1 Å². The average Bonchev–Trinajstić information content (AvgIpc) is 2.92. The summed E-state index contributed by atoms with van der Waals surface area (Å²) in [6, 6.07) is 11.9. The van der Waals surface area contributed by atoms with Crippen molar-refractivity contribution in [3.8, 4) is 23.0 Å². The Morgan fingerprint density at radius 1 is 1.00 bits per heavy atom. The van der Waals surface area contributed by atoms with Crippen molar-refractivity contribution in [3.63, 3.8) is 0 Å². The van der Waals surface area contributed by atoms with Gasteiger partial charge in [0.1, 0.15) is 11.3 Å². The zero-order valence-corrected chi connectivity index (χ0v) is 21.1. The molecule has 0 saturated heterocycles. The summed E-state index contributed by atoms with van der Waals surface area (Å²) >= 11 is 0. The molecular weight excluding hydrogens is 478 g/mol. The van der Waals surface area contributed by atoms with Crippen molar-refractivity contribution in [3.05, 3.63) is 71.0 Å². The highest BCUT2D eigenvalue weighted by atomic mass is 16.5. The van der Waals surface area contributed by atoms with Crippen molar-refractivity contribution >= 4 is 28.3 Å². The first-order chi connectivity index (χ1) is 17.9. The van der Waals surface area contributed by atoms with Crippen LogP contribution in [0.5, 0.6) is 23.0 Å². The van der Waals surface area contributed by atoms with Crippen LogP contribution >= 0.6 is 0 Å². The van der Waals surface area contributed by atoms with Gasteiger partial charge in [-0.2, -0.15) is 0 Å². The fourth-order valence-electron chi connectivity index (χ4n) is 3.85. The second-order valence-corrected chi connectivity index (χ2v) is 7.88. The van der Waals surface area contributed by atoms with Gasteiger partial charge >= 0.3 is 0 Å². The van der Waals surface area contributed by atoms with Crippen LogP contribution in [0.25, 0.3) is 11.0 Å². The average molecular weight is 506 g/mol. The molecule has 0 aliphatic heterocycles. The molecule has 0 aliphatic rings. The Morgan fingerprint density at radius 3 is 2.30 bits per heavy atom. The number of nitrogens with zero attached hydrogens (tertiary/aromatic N) is 2. The molecule has 2 aromatic heterocycles.